The zero-order valence-electron chi connectivity index (χ0n) is 14.4. The Morgan fingerprint density at radius 2 is 1.88 bits per heavy atom. The molecular formula is C19H25ClFN3. The van der Waals surface area contributed by atoms with Crippen molar-refractivity contribution in [3.63, 3.8) is 0 Å². The molecule has 1 fully saturated rings. The number of aryl methyl sites for hydroxylation is 1. The van der Waals surface area contributed by atoms with Crippen LogP contribution in [-0.2, 0) is 18.4 Å². The van der Waals surface area contributed by atoms with Gasteiger partial charge in [-0.25, -0.2) is 4.39 Å². The predicted octanol–water partition coefficient (Wildman–Crippen LogP) is 5.10. The van der Waals surface area contributed by atoms with E-state index in [9.17, 15) is 4.39 Å². The molecule has 3 nitrogen and oxygen atoms in total. The first kappa shape index (κ1) is 17.4. The van der Waals surface area contributed by atoms with Crippen LogP contribution in [0.2, 0.25) is 5.02 Å². The summed E-state index contributed by atoms with van der Waals surface area (Å²) in [6, 6.07) is 7.75. The van der Waals surface area contributed by atoms with Crippen LogP contribution in [0.1, 0.15) is 63.2 Å². The lowest BCUT2D eigenvalue weighted by atomic mass is 9.62. The van der Waals surface area contributed by atoms with Crippen LogP contribution in [-0.4, -0.2) is 20.9 Å². The lowest BCUT2D eigenvalue weighted by Crippen LogP contribution is -2.45. The topological polar surface area (TPSA) is 30.7 Å². The molecule has 1 aromatic carbocycles. The summed E-state index contributed by atoms with van der Waals surface area (Å²) in [5.41, 5.74) is 0.721. The highest BCUT2D eigenvalue weighted by Gasteiger charge is 2.50. The molecule has 0 N–H and O–H groups in total. The first-order chi connectivity index (χ1) is 11.6. The van der Waals surface area contributed by atoms with Crippen molar-refractivity contribution >= 4 is 11.6 Å². The van der Waals surface area contributed by atoms with E-state index in [1.165, 1.54) is 12.8 Å². The van der Waals surface area contributed by atoms with Gasteiger partial charge in [0.1, 0.15) is 17.8 Å². The van der Waals surface area contributed by atoms with Gasteiger partial charge in [-0.2, -0.15) is 0 Å². The van der Waals surface area contributed by atoms with Crippen molar-refractivity contribution in [2.24, 2.45) is 0 Å². The molecule has 0 radical (unpaired) electrons. The van der Waals surface area contributed by atoms with Crippen LogP contribution in [0, 0.1) is 0 Å². The van der Waals surface area contributed by atoms with Crippen molar-refractivity contribution in [3.05, 3.63) is 46.5 Å². The molecule has 1 aliphatic carbocycles. The molecule has 0 aliphatic heterocycles. The van der Waals surface area contributed by atoms with Crippen molar-refractivity contribution in [2.45, 2.75) is 70.5 Å². The van der Waals surface area contributed by atoms with Crippen LogP contribution < -0.4 is 0 Å². The maximum Gasteiger partial charge on any atom is 0.143 e. The van der Waals surface area contributed by atoms with E-state index in [-0.39, 0.29) is 5.41 Å². The summed E-state index contributed by atoms with van der Waals surface area (Å²) in [5, 5.41) is 9.64. The minimum Gasteiger partial charge on any atom is -0.315 e. The normalized spacial score (nSPS) is 23.2. The highest BCUT2D eigenvalue weighted by molar-refractivity contribution is 6.30. The number of halogens is 2. The molecule has 0 amide bonds. The third-order valence-electron chi connectivity index (χ3n) is 5.11. The third-order valence-corrected chi connectivity index (χ3v) is 5.36. The van der Waals surface area contributed by atoms with E-state index in [0.29, 0.717) is 17.9 Å². The Hall–Kier alpha value is -1.42. The summed E-state index contributed by atoms with van der Waals surface area (Å²) in [6.07, 6.45) is 4.61. The molecule has 0 unspecified atom stereocenters. The molecule has 3 rings (SSSR count). The van der Waals surface area contributed by atoms with Gasteiger partial charge < -0.3 is 4.57 Å². The van der Waals surface area contributed by atoms with E-state index >= 15 is 0 Å². The smallest absolute Gasteiger partial charge is 0.143 e. The summed E-state index contributed by atoms with van der Waals surface area (Å²) in [6.45, 7) is 5.12. The summed E-state index contributed by atoms with van der Waals surface area (Å²) in [7, 11) is 0. The van der Waals surface area contributed by atoms with Crippen LogP contribution >= 0.6 is 11.6 Å². The highest BCUT2D eigenvalue weighted by Crippen LogP contribution is 2.50. The number of hydrogen-bond acceptors (Lipinski definition) is 2. The molecule has 2 aromatic rings. The average Bonchev–Trinajstić information content (AvgIpc) is 2.96. The van der Waals surface area contributed by atoms with Gasteiger partial charge in [-0.05, 0) is 43.9 Å². The first-order valence-electron chi connectivity index (χ1n) is 8.93. The molecular weight excluding hydrogens is 325 g/mol. The summed E-state index contributed by atoms with van der Waals surface area (Å²) in [4.78, 5) is 0. The molecule has 1 aliphatic rings. The molecule has 0 atom stereocenters. The number of nitrogens with zero attached hydrogens (tertiary/aromatic N) is 3. The monoisotopic (exact) mass is 349 g/mol. The number of unbranched alkanes of at least 4 members (excludes halogenated alkanes) is 2. The second-order valence-electron chi connectivity index (χ2n) is 6.74. The van der Waals surface area contributed by atoms with Crippen molar-refractivity contribution in [3.8, 4) is 0 Å². The van der Waals surface area contributed by atoms with Gasteiger partial charge in [0.25, 0.3) is 0 Å². The summed E-state index contributed by atoms with van der Waals surface area (Å²) in [5.74, 6) is 1.93. The van der Waals surface area contributed by atoms with E-state index in [1.807, 2.05) is 24.3 Å². The van der Waals surface area contributed by atoms with Crippen LogP contribution in [0.5, 0.6) is 0 Å². The molecule has 1 aromatic heterocycles. The lowest BCUT2D eigenvalue weighted by Gasteiger charge is -2.44. The molecule has 0 bridgehead atoms. The van der Waals surface area contributed by atoms with Crippen LogP contribution in [0.4, 0.5) is 4.39 Å². The third kappa shape index (κ3) is 3.08. The number of hydrogen-bond donors (Lipinski definition) is 0. The molecule has 130 valence electrons. The maximum atomic E-state index is 13.9. The van der Waals surface area contributed by atoms with Gasteiger partial charge in [0.05, 0.1) is 5.41 Å². The fourth-order valence-electron chi connectivity index (χ4n) is 3.75. The van der Waals surface area contributed by atoms with Gasteiger partial charge in [0, 0.05) is 18.0 Å². The van der Waals surface area contributed by atoms with Gasteiger partial charge in [0.2, 0.25) is 0 Å². The Bertz CT molecular complexity index is 674. The Kier molecular flexibility index (Phi) is 5.24. The van der Waals surface area contributed by atoms with Gasteiger partial charge in [-0.15, -0.1) is 10.2 Å². The van der Waals surface area contributed by atoms with E-state index < -0.39 is 6.17 Å². The fraction of sp³-hybridized carbons (Fsp3) is 0.579. The van der Waals surface area contributed by atoms with Crippen molar-refractivity contribution in [1.29, 1.82) is 0 Å². The predicted molar refractivity (Wildman–Crippen MR) is 95.3 cm³/mol. The molecule has 1 saturated carbocycles. The molecule has 1 heterocycles. The highest BCUT2D eigenvalue weighted by atomic mass is 35.5. The molecule has 24 heavy (non-hydrogen) atoms. The minimum atomic E-state index is -0.772. The van der Waals surface area contributed by atoms with Crippen LogP contribution in [0.25, 0.3) is 0 Å². The maximum absolute atomic E-state index is 13.9. The SMILES string of the molecule is CCCCCc1nnc(C2(c3ccc(Cl)cc3)CC(F)C2)n1CC. The Balaban J connectivity index is 1.96. The van der Waals surface area contributed by atoms with E-state index in [4.69, 9.17) is 11.6 Å². The summed E-state index contributed by atoms with van der Waals surface area (Å²) >= 11 is 6.02. The zero-order valence-corrected chi connectivity index (χ0v) is 15.2. The van der Waals surface area contributed by atoms with Crippen molar-refractivity contribution < 1.29 is 4.39 Å². The standard InChI is InChI=1S/C19H25ClFN3/c1-3-5-6-7-17-22-23-18(24(17)4-2)19(12-16(21)13-19)14-8-10-15(20)11-9-14/h8-11,16H,3-7,12-13H2,1-2H3. The molecule has 0 saturated heterocycles. The van der Waals surface area contributed by atoms with E-state index in [2.05, 4.69) is 28.6 Å². The Morgan fingerprint density at radius 1 is 1.17 bits per heavy atom. The lowest BCUT2D eigenvalue weighted by molar-refractivity contribution is 0.113. The van der Waals surface area contributed by atoms with Crippen LogP contribution in [0.15, 0.2) is 24.3 Å². The van der Waals surface area contributed by atoms with Gasteiger partial charge in [0.15, 0.2) is 0 Å². The summed E-state index contributed by atoms with van der Waals surface area (Å²) < 4.78 is 16.1. The Labute approximate surface area is 148 Å². The first-order valence-corrected chi connectivity index (χ1v) is 9.31. The zero-order chi connectivity index (χ0) is 17.2. The molecule has 5 heteroatoms. The van der Waals surface area contributed by atoms with Gasteiger partial charge >= 0.3 is 0 Å². The van der Waals surface area contributed by atoms with Crippen molar-refractivity contribution in [1.82, 2.24) is 14.8 Å². The minimum absolute atomic E-state index is 0.365. The quantitative estimate of drug-likeness (QED) is 0.651. The second kappa shape index (κ2) is 7.22. The number of aromatic nitrogens is 3. The number of benzene rings is 1. The fourth-order valence-corrected chi connectivity index (χ4v) is 3.88. The van der Waals surface area contributed by atoms with Crippen molar-refractivity contribution in [2.75, 3.05) is 0 Å². The van der Waals surface area contributed by atoms with Gasteiger partial charge in [-0.3, -0.25) is 0 Å². The number of rotatable bonds is 7. The van der Waals surface area contributed by atoms with Gasteiger partial charge in [-0.1, -0.05) is 43.5 Å². The van der Waals surface area contributed by atoms with E-state index in [0.717, 1.165) is 36.6 Å². The Morgan fingerprint density at radius 3 is 2.46 bits per heavy atom. The van der Waals surface area contributed by atoms with Crippen LogP contribution in [0.3, 0.4) is 0 Å². The molecule has 0 spiro atoms. The largest absolute Gasteiger partial charge is 0.315 e. The van der Waals surface area contributed by atoms with E-state index in [1.54, 1.807) is 0 Å². The average molecular weight is 350 g/mol. The number of alkyl halides is 1. The second-order valence-corrected chi connectivity index (χ2v) is 7.17.